The van der Waals surface area contributed by atoms with Crippen LogP contribution in [-0.2, 0) is 18.3 Å². The molecule has 0 aliphatic rings. The van der Waals surface area contributed by atoms with Crippen LogP contribution in [0.3, 0.4) is 0 Å². The zero-order valence-corrected chi connectivity index (χ0v) is 10.8. The van der Waals surface area contributed by atoms with Gasteiger partial charge in [0.2, 0.25) is 0 Å². The van der Waals surface area contributed by atoms with Crippen LogP contribution in [0.4, 0.5) is 0 Å². The molecule has 5 heteroatoms. The molecule has 0 aromatic carbocycles. The third-order valence-corrected chi connectivity index (χ3v) is 3.81. The van der Waals surface area contributed by atoms with Gasteiger partial charge in [0.1, 0.15) is 5.01 Å². The van der Waals surface area contributed by atoms with Crippen molar-refractivity contribution in [3.63, 3.8) is 0 Å². The number of thiazole rings is 1. The van der Waals surface area contributed by atoms with Crippen LogP contribution in [-0.4, -0.2) is 20.6 Å². The fourth-order valence-corrected chi connectivity index (χ4v) is 2.63. The van der Waals surface area contributed by atoms with Gasteiger partial charge in [-0.15, -0.1) is 11.3 Å². The molecule has 4 nitrogen and oxygen atoms in total. The van der Waals surface area contributed by atoms with E-state index in [1.165, 1.54) is 17.0 Å². The third-order valence-electron chi connectivity index (χ3n) is 2.89. The van der Waals surface area contributed by atoms with E-state index in [1.54, 1.807) is 0 Å². The lowest BCUT2D eigenvalue weighted by Crippen LogP contribution is -1.99. The van der Waals surface area contributed by atoms with Gasteiger partial charge in [-0.3, -0.25) is 4.79 Å². The predicted octanol–water partition coefficient (Wildman–Crippen LogP) is 2.39. The second-order valence-electron chi connectivity index (χ2n) is 4.06. The first-order chi connectivity index (χ1) is 7.99. The standard InChI is InChI=1S/C12H14N2O2S/c1-7-4-10(8(2)14(7)3)12-13-9(6-17-12)5-11(15)16/h4,6H,5H2,1-3H3,(H,15,16). The van der Waals surface area contributed by atoms with Crippen LogP contribution in [0, 0.1) is 13.8 Å². The quantitative estimate of drug-likeness (QED) is 0.910. The van der Waals surface area contributed by atoms with Crippen LogP contribution in [0.25, 0.3) is 10.6 Å². The molecule has 90 valence electrons. The van der Waals surface area contributed by atoms with E-state index in [4.69, 9.17) is 5.11 Å². The van der Waals surface area contributed by atoms with E-state index in [9.17, 15) is 4.79 Å². The first kappa shape index (κ1) is 11.9. The molecule has 0 aliphatic carbocycles. The fourth-order valence-electron chi connectivity index (χ4n) is 1.74. The summed E-state index contributed by atoms with van der Waals surface area (Å²) in [6, 6.07) is 2.08. The highest BCUT2D eigenvalue weighted by Gasteiger charge is 2.13. The summed E-state index contributed by atoms with van der Waals surface area (Å²) in [6.07, 6.45) is -0.0125. The molecule has 0 radical (unpaired) electrons. The summed E-state index contributed by atoms with van der Waals surface area (Å²) in [7, 11) is 2.01. The number of hydrogen-bond acceptors (Lipinski definition) is 3. The topological polar surface area (TPSA) is 55.1 Å². The van der Waals surface area contributed by atoms with Crippen molar-refractivity contribution in [2.24, 2.45) is 7.05 Å². The second-order valence-corrected chi connectivity index (χ2v) is 4.92. The van der Waals surface area contributed by atoms with Crippen molar-refractivity contribution in [1.29, 1.82) is 0 Å². The lowest BCUT2D eigenvalue weighted by molar-refractivity contribution is -0.136. The first-order valence-electron chi connectivity index (χ1n) is 5.28. The number of carboxylic acid groups (broad SMARTS) is 1. The predicted molar refractivity (Wildman–Crippen MR) is 67.3 cm³/mol. The van der Waals surface area contributed by atoms with Crippen molar-refractivity contribution >= 4 is 17.3 Å². The van der Waals surface area contributed by atoms with E-state index in [1.807, 2.05) is 26.3 Å². The molecule has 0 spiro atoms. The molecule has 2 aromatic heterocycles. The Labute approximate surface area is 104 Å². The summed E-state index contributed by atoms with van der Waals surface area (Å²) >= 11 is 1.49. The van der Waals surface area contributed by atoms with Crippen LogP contribution >= 0.6 is 11.3 Å². The minimum absolute atomic E-state index is 0.0125. The number of aryl methyl sites for hydroxylation is 1. The van der Waals surface area contributed by atoms with Crippen molar-refractivity contribution in [3.8, 4) is 10.6 Å². The van der Waals surface area contributed by atoms with Crippen molar-refractivity contribution in [2.45, 2.75) is 20.3 Å². The van der Waals surface area contributed by atoms with Gasteiger partial charge in [0.05, 0.1) is 12.1 Å². The van der Waals surface area contributed by atoms with E-state index in [2.05, 4.69) is 15.6 Å². The van der Waals surface area contributed by atoms with Gasteiger partial charge >= 0.3 is 5.97 Å². The van der Waals surface area contributed by atoms with Gasteiger partial charge in [-0.05, 0) is 19.9 Å². The molecule has 0 amide bonds. The Morgan fingerprint density at radius 3 is 2.76 bits per heavy atom. The SMILES string of the molecule is Cc1cc(-c2nc(CC(=O)O)cs2)c(C)n1C. The minimum Gasteiger partial charge on any atom is -0.481 e. The molecule has 1 N–H and O–H groups in total. The Bertz CT molecular complexity index is 569. The third kappa shape index (κ3) is 2.24. The maximum Gasteiger partial charge on any atom is 0.309 e. The van der Waals surface area contributed by atoms with Gasteiger partial charge in [-0.1, -0.05) is 0 Å². The highest BCUT2D eigenvalue weighted by molar-refractivity contribution is 7.13. The van der Waals surface area contributed by atoms with E-state index in [0.29, 0.717) is 5.69 Å². The molecule has 17 heavy (non-hydrogen) atoms. The van der Waals surface area contributed by atoms with Gasteiger partial charge in [0.15, 0.2) is 0 Å². The van der Waals surface area contributed by atoms with Crippen LogP contribution in [0.2, 0.25) is 0 Å². The smallest absolute Gasteiger partial charge is 0.309 e. The molecule has 0 bridgehead atoms. The Morgan fingerprint density at radius 1 is 1.53 bits per heavy atom. The summed E-state index contributed by atoms with van der Waals surface area (Å²) in [4.78, 5) is 15.0. The van der Waals surface area contributed by atoms with Crippen LogP contribution in [0.15, 0.2) is 11.4 Å². The molecule has 0 aliphatic heterocycles. The molecular formula is C12H14N2O2S. The van der Waals surface area contributed by atoms with E-state index in [0.717, 1.165) is 16.3 Å². The average Bonchev–Trinajstić information content (AvgIpc) is 2.78. The highest BCUT2D eigenvalue weighted by Crippen LogP contribution is 2.29. The van der Waals surface area contributed by atoms with Gasteiger partial charge in [-0.25, -0.2) is 4.98 Å². The average molecular weight is 250 g/mol. The number of carbonyl (C=O) groups is 1. The summed E-state index contributed by atoms with van der Waals surface area (Å²) in [6.45, 7) is 4.09. The summed E-state index contributed by atoms with van der Waals surface area (Å²) in [5.74, 6) is -0.845. The lowest BCUT2D eigenvalue weighted by atomic mass is 10.2. The Morgan fingerprint density at radius 2 is 2.24 bits per heavy atom. The van der Waals surface area contributed by atoms with Crippen molar-refractivity contribution in [2.75, 3.05) is 0 Å². The van der Waals surface area contributed by atoms with E-state index >= 15 is 0 Å². The van der Waals surface area contributed by atoms with Gasteiger partial charge in [0, 0.05) is 29.4 Å². The fraction of sp³-hybridized carbons (Fsp3) is 0.333. The molecule has 2 aromatic rings. The summed E-state index contributed by atoms with van der Waals surface area (Å²) in [5, 5.41) is 11.4. The number of rotatable bonds is 3. The Hall–Kier alpha value is -1.62. The molecule has 2 rings (SSSR count). The summed E-state index contributed by atoms with van der Waals surface area (Å²) < 4.78 is 2.10. The molecule has 0 unspecified atom stereocenters. The zero-order chi connectivity index (χ0) is 12.6. The maximum absolute atomic E-state index is 10.6. The molecule has 0 saturated heterocycles. The Balaban J connectivity index is 2.37. The molecular weight excluding hydrogens is 236 g/mol. The minimum atomic E-state index is -0.845. The monoisotopic (exact) mass is 250 g/mol. The van der Waals surface area contributed by atoms with Crippen molar-refractivity contribution in [3.05, 3.63) is 28.5 Å². The number of aliphatic carboxylic acids is 1. The van der Waals surface area contributed by atoms with E-state index in [-0.39, 0.29) is 6.42 Å². The number of hydrogen-bond donors (Lipinski definition) is 1. The summed E-state index contributed by atoms with van der Waals surface area (Å²) in [5.41, 5.74) is 4.04. The zero-order valence-electron chi connectivity index (χ0n) is 10.0. The Kier molecular flexibility index (Phi) is 3.02. The van der Waals surface area contributed by atoms with E-state index < -0.39 is 5.97 Å². The van der Waals surface area contributed by atoms with Gasteiger partial charge in [-0.2, -0.15) is 0 Å². The van der Waals surface area contributed by atoms with Crippen molar-refractivity contribution in [1.82, 2.24) is 9.55 Å². The van der Waals surface area contributed by atoms with Crippen LogP contribution in [0.1, 0.15) is 17.1 Å². The normalized spacial score (nSPS) is 10.8. The molecule has 0 atom stereocenters. The molecule has 0 saturated carbocycles. The molecule has 2 heterocycles. The first-order valence-corrected chi connectivity index (χ1v) is 6.16. The highest BCUT2D eigenvalue weighted by atomic mass is 32.1. The van der Waals surface area contributed by atoms with Crippen LogP contribution in [0.5, 0.6) is 0 Å². The van der Waals surface area contributed by atoms with Gasteiger partial charge < -0.3 is 9.67 Å². The van der Waals surface area contributed by atoms with Gasteiger partial charge in [0.25, 0.3) is 0 Å². The molecule has 0 fully saturated rings. The van der Waals surface area contributed by atoms with Crippen molar-refractivity contribution < 1.29 is 9.90 Å². The maximum atomic E-state index is 10.6. The number of nitrogens with zero attached hydrogens (tertiary/aromatic N) is 2. The lowest BCUT2D eigenvalue weighted by Gasteiger charge is -1.99. The number of carboxylic acids is 1. The van der Waals surface area contributed by atoms with Crippen LogP contribution < -0.4 is 0 Å². The number of aromatic nitrogens is 2. The largest absolute Gasteiger partial charge is 0.481 e. The second kappa shape index (κ2) is 4.33.